The van der Waals surface area contributed by atoms with Crippen molar-refractivity contribution in [1.29, 1.82) is 0 Å². The first kappa shape index (κ1) is 13.8. The van der Waals surface area contributed by atoms with E-state index in [-0.39, 0.29) is 12.5 Å². The summed E-state index contributed by atoms with van der Waals surface area (Å²) in [5, 5.41) is 1.84. The van der Waals surface area contributed by atoms with Gasteiger partial charge in [-0.05, 0) is 17.7 Å². The molecule has 19 heavy (non-hydrogen) atoms. The van der Waals surface area contributed by atoms with Gasteiger partial charge >= 0.3 is 0 Å². The first-order valence-corrected chi connectivity index (χ1v) is 6.32. The zero-order chi connectivity index (χ0) is 13.5. The lowest BCUT2D eigenvalue weighted by molar-refractivity contribution is -0.130. The number of amides is 1. The molecule has 3 N–H and O–H groups in total. The lowest BCUT2D eigenvalue weighted by Gasteiger charge is -2.26. The van der Waals surface area contributed by atoms with Crippen molar-refractivity contribution in [2.45, 2.75) is 6.54 Å². The van der Waals surface area contributed by atoms with Crippen molar-refractivity contribution >= 4 is 5.91 Å². The Kier molecular flexibility index (Phi) is 5.14. The molecule has 1 aliphatic heterocycles. The summed E-state index contributed by atoms with van der Waals surface area (Å²) in [6.45, 7) is 3.19. The summed E-state index contributed by atoms with van der Waals surface area (Å²) in [6.07, 6.45) is 0. The van der Waals surface area contributed by atoms with Crippen molar-refractivity contribution in [3.63, 3.8) is 0 Å². The standard InChI is InChI=1S/C13H19N3O3/c14-9-11-1-3-12(4-2-11)19-10-13(17)15-16-5-7-18-8-6-16/h1-4H,5-10,14H2,(H,15,17). The minimum atomic E-state index is -0.162. The number of hydrogen-bond donors (Lipinski definition) is 2. The van der Waals surface area contributed by atoms with Crippen LogP contribution in [-0.2, 0) is 16.1 Å². The predicted octanol–water partition coefficient (Wildman–Crippen LogP) is -0.113. The molecule has 0 radical (unpaired) electrons. The number of rotatable bonds is 5. The van der Waals surface area contributed by atoms with E-state index in [2.05, 4.69) is 5.43 Å². The van der Waals surface area contributed by atoms with Crippen LogP contribution in [0.5, 0.6) is 5.75 Å². The van der Waals surface area contributed by atoms with Gasteiger partial charge in [0.2, 0.25) is 0 Å². The first-order chi connectivity index (χ1) is 9.28. The van der Waals surface area contributed by atoms with Gasteiger partial charge in [0.05, 0.1) is 13.2 Å². The Morgan fingerprint density at radius 3 is 2.63 bits per heavy atom. The highest BCUT2D eigenvalue weighted by molar-refractivity contribution is 5.77. The van der Waals surface area contributed by atoms with E-state index in [9.17, 15) is 4.79 Å². The Balaban J connectivity index is 1.72. The Bertz CT molecular complexity index is 402. The molecule has 1 amide bonds. The fourth-order valence-corrected chi connectivity index (χ4v) is 1.75. The van der Waals surface area contributed by atoms with E-state index in [1.54, 1.807) is 0 Å². The lowest BCUT2D eigenvalue weighted by Crippen LogP contribution is -2.49. The second-order valence-electron chi connectivity index (χ2n) is 4.27. The first-order valence-electron chi connectivity index (χ1n) is 6.32. The Morgan fingerprint density at radius 2 is 2.00 bits per heavy atom. The highest BCUT2D eigenvalue weighted by atomic mass is 16.5. The number of carbonyl (C=O) groups excluding carboxylic acids is 1. The third-order valence-corrected chi connectivity index (χ3v) is 2.82. The molecule has 1 heterocycles. The topological polar surface area (TPSA) is 76.8 Å². The molecule has 1 saturated heterocycles. The van der Waals surface area contributed by atoms with Crippen LogP contribution in [0.3, 0.4) is 0 Å². The molecule has 1 aromatic rings. The molecule has 0 bridgehead atoms. The average Bonchev–Trinajstić information content (AvgIpc) is 2.47. The molecule has 6 nitrogen and oxygen atoms in total. The molecule has 0 saturated carbocycles. The van der Waals surface area contributed by atoms with Crippen molar-refractivity contribution in [2.75, 3.05) is 32.9 Å². The second-order valence-corrected chi connectivity index (χ2v) is 4.27. The molecule has 1 fully saturated rings. The molecule has 1 aliphatic rings. The fraction of sp³-hybridized carbons (Fsp3) is 0.462. The van der Waals surface area contributed by atoms with Crippen molar-refractivity contribution in [3.05, 3.63) is 29.8 Å². The summed E-state index contributed by atoms with van der Waals surface area (Å²) < 4.78 is 10.6. The van der Waals surface area contributed by atoms with Gasteiger partial charge in [0.15, 0.2) is 6.61 Å². The van der Waals surface area contributed by atoms with Gasteiger partial charge in [-0.25, -0.2) is 5.01 Å². The van der Waals surface area contributed by atoms with E-state index in [0.29, 0.717) is 38.6 Å². The largest absolute Gasteiger partial charge is 0.484 e. The molecular formula is C13H19N3O3. The molecular weight excluding hydrogens is 246 g/mol. The zero-order valence-electron chi connectivity index (χ0n) is 10.8. The van der Waals surface area contributed by atoms with E-state index >= 15 is 0 Å². The minimum Gasteiger partial charge on any atom is -0.484 e. The number of hydrazine groups is 1. The van der Waals surface area contributed by atoms with Crippen LogP contribution in [0.15, 0.2) is 24.3 Å². The number of morpholine rings is 1. The van der Waals surface area contributed by atoms with Crippen molar-refractivity contribution in [1.82, 2.24) is 10.4 Å². The number of carbonyl (C=O) groups is 1. The molecule has 0 aromatic heterocycles. The maximum absolute atomic E-state index is 11.7. The van der Waals surface area contributed by atoms with Gasteiger partial charge in [-0.2, -0.15) is 0 Å². The molecule has 6 heteroatoms. The molecule has 0 aliphatic carbocycles. The summed E-state index contributed by atoms with van der Waals surface area (Å²) in [4.78, 5) is 11.7. The normalized spacial score (nSPS) is 16.1. The molecule has 2 rings (SSSR count). The van der Waals surface area contributed by atoms with Gasteiger partial charge in [-0.3, -0.25) is 10.2 Å². The SMILES string of the molecule is NCc1ccc(OCC(=O)NN2CCOCC2)cc1. The summed E-state index contributed by atoms with van der Waals surface area (Å²) in [7, 11) is 0. The maximum Gasteiger partial charge on any atom is 0.272 e. The third-order valence-electron chi connectivity index (χ3n) is 2.82. The van der Waals surface area contributed by atoms with E-state index in [0.717, 1.165) is 5.56 Å². The maximum atomic E-state index is 11.7. The second kappa shape index (κ2) is 7.08. The van der Waals surface area contributed by atoms with Gasteiger partial charge in [0.25, 0.3) is 5.91 Å². The van der Waals surface area contributed by atoms with Gasteiger partial charge in [-0.15, -0.1) is 0 Å². The van der Waals surface area contributed by atoms with Crippen LogP contribution < -0.4 is 15.9 Å². The highest BCUT2D eigenvalue weighted by Crippen LogP contribution is 2.11. The summed E-state index contributed by atoms with van der Waals surface area (Å²) >= 11 is 0. The van der Waals surface area contributed by atoms with Gasteiger partial charge in [0.1, 0.15) is 5.75 Å². The lowest BCUT2D eigenvalue weighted by atomic mass is 10.2. The van der Waals surface area contributed by atoms with Gasteiger partial charge in [0, 0.05) is 19.6 Å². The van der Waals surface area contributed by atoms with Gasteiger partial charge < -0.3 is 15.2 Å². The summed E-state index contributed by atoms with van der Waals surface area (Å²) in [6, 6.07) is 7.39. The zero-order valence-corrected chi connectivity index (χ0v) is 10.8. The quantitative estimate of drug-likeness (QED) is 0.776. The molecule has 104 valence electrons. The predicted molar refractivity (Wildman–Crippen MR) is 70.4 cm³/mol. The molecule has 0 atom stereocenters. The van der Waals surface area contributed by atoms with Crippen molar-refractivity contribution in [2.24, 2.45) is 5.73 Å². The van der Waals surface area contributed by atoms with Crippen LogP contribution in [0.4, 0.5) is 0 Å². The van der Waals surface area contributed by atoms with E-state index in [1.165, 1.54) is 0 Å². The third kappa shape index (κ3) is 4.51. The summed E-state index contributed by atoms with van der Waals surface area (Å²) in [5.74, 6) is 0.499. The van der Waals surface area contributed by atoms with Crippen LogP contribution in [0, 0.1) is 0 Å². The average molecular weight is 265 g/mol. The molecule has 0 spiro atoms. The Morgan fingerprint density at radius 1 is 1.32 bits per heavy atom. The van der Waals surface area contributed by atoms with Gasteiger partial charge in [-0.1, -0.05) is 12.1 Å². The Hall–Kier alpha value is -1.63. The van der Waals surface area contributed by atoms with Crippen LogP contribution in [0.25, 0.3) is 0 Å². The fourth-order valence-electron chi connectivity index (χ4n) is 1.75. The van der Waals surface area contributed by atoms with E-state index < -0.39 is 0 Å². The summed E-state index contributed by atoms with van der Waals surface area (Å²) in [5.41, 5.74) is 9.32. The number of nitrogens with zero attached hydrogens (tertiary/aromatic N) is 1. The highest BCUT2D eigenvalue weighted by Gasteiger charge is 2.13. The van der Waals surface area contributed by atoms with Crippen LogP contribution in [0.2, 0.25) is 0 Å². The number of nitrogens with one attached hydrogen (secondary N) is 1. The van der Waals surface area contributed by atoms with E-state index in [1.807, 2.05) is 29.3 Å². The number of nitrogens with two attached hydrogens (primary N) is 1. The van der Waals surface area contributed by atoms with Crippen molar-refractivity contribution in [3.8, 4) is 5.75 Å². The monoisotopic (exact) mass is 265 g/mol. The number of benzene rings is 1. The molecule has 0 unspecified atom stereocenters. The van der Waals surface area contributed by atoms with Crippen molar-refractivity contribution < 1.29 is 14.3 Å². The Labute approximate surface area is 112 Å². The number of hydrogen-bond acceptors (Lipinski definition) is 5. The molecule has 1 aromatic carbocycles. The van der Waals surface area contributed by atoms with Crippen LogP contribution >= 0.6 is 0 Å². The minimum absolute atomic E-state index is 0.000666. The van der Waals surface area contributed by atoms with Crippen LogP contribution in [0.1, 0.15) is 5.56 Å². The van der Waals surface area contributed by atoms with Crippen LogP contribution in [-0.4, -0.2) is 43.8 Å². The smallest absolute Gasteiger partial charge is 0.272 e. The number of ether oxygens (including phenoxy) is 2. The van der Waals surface area contributed by atoms with E-state index in [4.69, 9.17) is 15.2 Å².